The number of carbonyl (C=O) groups excluding carboxylic acids is 3. The Bertz CT molecular complexity index is 1390. The van der Waals surface area contributed by atoms with E-state index in [-0.39, 0.29) is 31.1 Å². The summed E-state index contributed by atoms with van der Waals surface area (Å²) in [6.45, 7) is 6.57. The van der Waals surface area contributed by atoms with Crippen molar-refractivity contribution in [2.24, 2.45) is 0 Å². The Morgan fingerprint density at radius 1 is 0.269 bits per heavy atom. The van der Waals surface area contributed by atoms with Crippen molar-refractivity contribution in [2.45, 2.75) is 367 Å². The molecule has 0 heterocycles. The molecule has 0 rings (SSSR count). The fourth-order valence-electron chi connectivity index (χ4n) is 10.1. The van der Waals surface area contributed by atoms with E-state index in [0.29, 0.717) is 19.3 Å². The molecule has 0 aromatic heterocycles. The minimum absolute atomic E-state index is 0.0724. The van der Waals surface area contributed by atoms with Gasteiger partial charge in [-0.25, -0.2) is 0 Å². The molecule has 454 valence electrons. The van der Waals surface area contributed by atoms with Gasteiger partial charge in [0.15, 0.2) is 6.10 Å². The van der Waals surface area contributed by atoms with Gasteiger partial charge in [0.1, 0.15) is 13.2 Å². The lowest BCUT2D eigenvalue weighted by atomic mass is 10.0. The van der Waals surface area contributed by atoms with Crippen LogP contribution < -0.4 is 0 Å². The lowest BCUT2D eigenvalue weighted by Gasteiger charge is -2.18. The molecular formula is C72H130O6. The quantitative estimate of drug-likeness (QED) is 0.0261. The first-order valence-corrected chi connectivity index (χ1v) is 34.3. The van der Waals surface area contributed by atoms with Gasteiger partial charge < -0.3 is 14.2 Å². The molecule has 6 nitrogen and oxygen atoms in total. The molecule has 0 aliphatic heterocycles. The number of ether oxygens (including phenoxy) is 3. The maximum absolute atomic E-state index is 12.9. The van der Waals surface area contributed by atoms with Gasteiger partial charge in [-0.1, -0.05) is 319 Å². The first-order chi connectivity index (χ1) is 38.5. The van der Waals surface area contributed by atoms with Gasteiger partial charge in [-0.3, -0.25) is 14.4 Å². The van der Waals surface area contributed by atoms with Crippen molar-refractivity contribution in [3.63, 3.8) is 0 Å². The summed E-state index contributed by atoms with van der Waals surface area (Å²) in [7, 11) is 0. The Morgan fingerprint density at radius 3 is 0.808 bits per heavy atom. The zero-order chi connectivity index (χ0) is 56.4. The van der Waals surface area contributed by atoms with E-state index < -0.39 is 6.10 Å². The molecule has 78 heavy (non-hydrogen) atoms. The van der Waals surface area contributed by atoms with Crippen molar-refractivity contribution in [1.29, 1.82) is 0 Å². The summed E-state index contributed by atoms with van der Waals surface area (Å²) in [4.78, 5) is 38.4. The number of esters is 3. The highest BCUT2D eigenvalue weighted by molar-refractivity contribution is 5.71. The number of allylic oxidation sites excluding steroid dienone is 10. The van der Waals surface area contributed by atoms with E-state index in [0.717, 1.165) is 89.9 Å². The molecule has 0 radical (unpaired) electrons. The average Bonchev–Trinajstić information content (AvgIpc) is 3.44. The molecule has 0 saturated heterocycles. The second kappa shape index (κ2) is 66.6. The van der Waals surface area contributed by atoms with Crippen molar-refractivity contribution < 1.29 is 28.6 Å². The molecule has 0 aromatic rings. The van der Waals surface area contributed by atoms with Crippen molar-refractivity contribution in [3.8, 4) is 0 Å². The number of hydrogen-bond acceptors (Lipinski definition) is 6. The van der Waals surface area contributed by atoms with Crippen molar-refractivity contribution in [2.75, 3.05) is 13.2 Å². The van der Waals surface area contributed by atoms with E-state index in [1.54, 1.807) is 0 Å². The largest absolute Gasteiger partial charge is 0.462 e. The number of rotatable bonds is 63. The van der Waals surface area contributed by atoms with Crippen LogP contribution in [0.1, 0.15) is 361 Å². The van der Waals surface area contributed by atoms with E-state index in [1.165, 1.54) is 231 Å². The normalized spacial score (nSPS) is 12.4. The summed E-state index contributed by atoms with van der Waals surface area (Å²) in [6, 6.07) is 0. The van der Waals surface area contributed by atoms with E-state index in [1.807, 2.05) is 0 Å². The van der Waals surface area contributed by atoms with Crippen LogP contribution in [-0.4, -0.2) is 37.2 Å². The smallest absolute Gasteiger partial charge is 0.306 e. The Labute approximate surface area is 485 Å². The van der Waals surface area contributed by atoms with Crippen LogP contribution in [0.25, 0.3) is 0 Å². The predicted molar refractivity (Wildman–Crippen MR) is 339 cm³/mol. The summed E-state index contributed by atoms with van der Waals surface area (Å²) in [5.41, 5.74) is 0. The molecule has 0 bridgehead atoms. The first-order valence-electron chi connectivity index (χ1n) is 34.3. The molecular weight excluding hydrogens is 961 g/mol. The zero-order valence-corrected chi connectivity index (χ0v) is 52.2. The molecule has 1 unspecified atom stereocenters. The first kappa shape index (κ1) is 75.1. The lowest BCUT2D eigenvalue weighted by molar-refractivity contribution is -0.167. The second-order valence-corrected chi connectivity index (χ2v) is 23.1. The Balaban J connectivity index is 4.24. The van der Waals surface area contributed by atoms with Crippen LogP contribution in [0, 0.1) is 0 Å². The van der Waals surface area contributed by atoms with Gasteiger partial charge in [0.2, 0.25) is 0 Å². The standard InChI is InChI=1S/C72H130O6/c1-4-7-10-13-16-19-22-25-27-29-31-33-34-35-36-37-38-39-41-42-44-47-50-53-56-59-62-65-71(74)77-68-69(67-76-70(73)64-61-58-55-52-49-46-24-21-18-15-12-9-6-3)78-72(75)66-63-60-57-54-51-48-45-43-40-32-30-28-26-23-20-17-14-11-8-5-2/h7,10,16,19,21,24-25,27,31,33,69H,4-6,8-9,11-15,17-18,20,22-23,26,28-30,32,34-68H2,1-3H3/b10-7-,19-16-,24-21-,27-25-,33-31-. The van der Waals surface area contributed by atoms with E-state index in [4.69, 9.17) is 14.2 Å². The zero-order valence-electron chi connectivity index (χ0n) is 52.2. The monoisotopic (exact) mass is 1090 g/mol. The maximum Gasteiger partial charge on any atom is 0.306 e. The number of carbonyl (C=O) groups is 3. The fourth-order valence-corrected chi connectivity index (χ4v) is 10.1. The topological polar surface area (TPSA) is 78.9 Å². The third-order valence-electron chi connectivity index (χ3n) is 15.3. The number of unbranched alkanes of at least 4 members (excludes halogenated alkanes) is 42. The Kier molecular flexibility index (Phi) is 64.2. The van der Waals surface area contributed by atoms with E-state index in [9.17, 15) is 14.4 Å². The summed E-state index contributed by atoms with van der Waals surface area (Å²) in [6.07, 6.45) is 85.3. The van der Waals surface area contributed by atoms with Crippen molar-refractivity contribution in [1.82, 2.24) is 0 Å². The van der Waals surface area contributed by atoms with Crippen LogP contribution in [0.4, 0.5) is 0 Å². The average molecular weight is 1090 g/mol. The van der Waals surface area contributed by atoms with Crippen LogP contribution in [-0.2, 0) is 28.6 Å². The molecule has 0 saturated carbocycles. The minimum atomic E-state index is -0.776. The summed E-state index contributed by atoms with van der Waals surface area (Å²) in [5.74, 6) is -0.858. The molecule has 0 aliphatic carbocycles. The van der Waals surface area contributed by atoms with Gasteiger partial charge in [-0.05, 0) is 83.5 Å². The lowest BCUT2D eigenvalue weighted by Crippen LogP contribution is -2.30. The highest BCUT2D eigenvalue weighted by atomic mass is 16.6. The van der Waals surface area contributed by atoms with Gasteiger partial charge in [-0.15, -0.1) is 0 Å². The Hall–Kier alpha value is -2.89. The summed E-state index contributed by atoms with van der Waals surface area (Å²) in [5, 5.41) is 0. The van der Waals surface area contributed by atoms with Crippen molar-refractivity contribution >= 4 is 17.9 Å². The summed E-state index contributed by atoms with van der Waals surface area (Å²) < 4.78 is 17.0. The third kappa shape index (κ3) is 63.9. The molecule has 0 N–H and O–H groups in total. The van der Waals surface area contributed by atoms with Crippen LogP contribution in [0.3, 0.4) is 0 Å². The molecule has 0 aliphatic rings. The van der Waals surface area contributed by atoms with Gasteiger partial charge in [0.25, 0.3) is 0 Å². The van der Waals surface area contributed by atoms with Gasteiger partial charge in [-0.2, -0.15) is 0 Å². The van der Waals surface area contributed by atoms with Crippen molar-refractivity contribution in [3.05, 3.63) is 60.8 Å². The second-order valence-electron chi connectivity index (χ2n) is 23.1. The van der Waals surface area contributed by atoms with Crippen LogP contribution >= 0.6 is 0 Å². The minimum Gasteiger partial charge on any atom is -0.462 e. The predicted octanol–water partition coefficient (Wildman–Crippen LogP) is 23.5. The van der Waals surface area contributed by atoms with E-state index >= 15 is 0 Å². The maximum atomic E-state index is 12.9. The molecule has 0 aromatic carbocycles. The number of hydrogen-bond donors (Lipinski definition) is 0. The fraction of sp³-hybridized carbons (Fsp3) is 0.819. The van der Waals surface area contributed by atoms with Crippen LogP contribution in [0.5, 0.6) is 0 Å². The molecule has 0 spiro atoms. The molecule has 0 fully saturated rings. The molecule has 0 amide bonds. The third-order valence-corrected chi connectivity index (χ3v) is 15.3. The van der Waals surface area contributed by atoms with Gasteiger partial charge in [0.05, 0.1) is 0 Å². The highest BCUT2D eigenvalue weighted by Gasteiger charge is 2.19. The van der Waals surface area contributed by atoms with Gasteiger partial charge >= 0.3 is 17.9 Å². The highest BCUT2D eigenvalue weighted by Crippen LogP contribution is 2.18. The molecule has 1 atom stereocenters. The van der Waals surface area contributed by atoms with Crippen LogP contribution in [0.15, 0.2) is 60.8 Å². The van der Waals surface area contributed by atoms with Crippen LogP contribution in [0.2, 0.25) is 0 Å². The van der Waals surface area contributed by atoms with E-state index in [2.05, 4.69) is 81.5 Å². The summed E-state index contributed by atoms with van der Waals surface area (Å²) >= 11 is 0. The molecule has 6 heteroatoms. The SMILES string of the molecule is CC/C=C\C/C=C\C/C=C\C/C=C\CCCCCCCCCCCCCCCCC(=O)OCC(COC(=O)CCCCCCC/C=C\CCCCCC)OC(=O)CCCCCCCCCCCCCCCCCCCCCC. The van der Waals surface area contributed by atoms with Gasteiger partial charge in [0, 0.05) is 19.3 Å². The Morgan fingerprint density at radius 2 is 0.500 bits per heavy atom.